The van der Waals surface area contributed by atoms with Crippen LogP contribution in [0.15, 0.2) is 42.5 Å². The molecule has 0 saturated carbocycles. The highest BCUT2D eigenvalue weighted by Gasteiger charge is 2.17. The highest BCUT2D eigenvalue weighted by atomic mass is 35.5. The zero-order valence-corrected chi connectivity index (χ0v) is 14.7. The minimum absolute atomic E-state index is 0.180. The molecule has 5 nitrogen and oxygen atoms in total. The number of hydrogen-bond donors (Lipinski definition) is 2. The topological polar surface area (TPSA) is 67.4 Å². The van der Waals surface area contributed by atoms with Crippen LogP contribution in [0.5, 0.6) is 5.75 Å². The molecule has 0 aliphatic carbocycles. The van der Waals surface area contributed by atoms with E-state index in [-0.39, 0.29) is 10.6 Å². The van der Waals surface area contributed by atoms with Crippen LogP contribution in [-0.2, 0) is 4.79 Å². The number of carbonyl (C=O) groups is 2. The van der Waals surface area contributed by atoms with Crippen molar-refractivity contribution in [3.8, 4) is 5.75 Å². The van der Waals surface area contributed by atoms with Crippen molar-refractivity contribution >= 4 is 46.6 Å². The summed E-state index contributed by atoms with van der Waals surface area (Å²) in [5, 5.41) is 1.15. The van der Waals surface area contributed by atoms with E-state index in [0.29, 0.717) is 15.8 Å². The van der Waals surface area contributed by atoms with Gasteiger partial charge in [0, 0.05) is 10.0 Å². The molecular weight excluding hydrogens is 375 g/mol. The average Bonchev–Trinajstić information content (AvgIpc) is 2.54. The number of halogens is 3. The summed E-state index contributed by atoms with van der Waals surface area (Å²) < 4.78 is 5.44. The molecule has 2 N–H and O–H groups in total. The van der Waals surface area contributed by atoms with Gasteiger partial charge in [0.15, 0.2) is 6.10 Å². The predicted molar refractivity (Wildman–Crippen MR) is 93.6 cm³/mol. The highest BCUT2D eigenvalue weighted by molar-refractivity contribution is 6.36. The smallest absolute Gasteiger partial charge is 0.279 e. The van der Waals surface area contributed by atoms with Crippen LogP contribution >= 0.6 is 34.8 Å². The lowest BCUT2D eigenvalue weighted by atomic mass is 10.2. The van der Waals surface area contributed by atoms with Crippen LogP contribution in [0.2, 0.25) is 15.1 Å². The van der Waals surface area contributed by atoms with E-state index >= 15 is 0 Å². The maximum absolute atomic E-state index is 12.0. The van der Waals surface area contributed by atoms with Gasteiger partial charge < -0.3 is 4.74 Å². The SMILES string of the molecule is CC(Oc1ccc(Cl)cc1)C(=O)NNC(=O)c1ccc(Cl)cc1Cl. The lowest BCUT2D eigenvalue weighted by Gasteiger charge is -2.15. The first-order chi connectivity index (χ1) is 11.4. The van der Waals surface area contributed by atoms with Crippen LogP contribution < -0.4 is 15.6 Å². The van der Waals surface area contributed by atoms with Gasteiger partial charge in [-0.05, 0) is 49.4 Å². The maximum Gasteiger partial charge on any atom is 0.279 e. The Morgan fingerprint density at radius 1 is 0.958 bits per heavy atom. The van der Waals surface area contributed by atoms with Crippen molar-refractivity contribution in [2.45, 2.75) is 13.0 Å². The molecule has 0 aliphatic rings. The molecule has 0 heterocycles. The molecule has 126 valence electrons. The third kappa shape index (κ3) is 5.03. The van der Waals surface area contributed by atoms with Crippen LogP contribution in [0.4, 0.5) is 0 Å². The molecule has 0 fully saturated rings. The molecule has 8 heteroatoms. The lowest BCUT2D eigenvalue weighted by Crippen LogP contribution is -2.47. The van der Waals surface area contributed by atoms with Gasteiger partial charge >= 0.3 is 0 Å². The summed E-state index contributed by atoms with van der Waals surface area (Å²) in [7, 11) is 0. The number of ether oxygens (including phenoxy) is 1. The molecule has 2 amide bonds. The van der Waals surface area contributed by atoms with E-state index in [9.17, 15) is 9.59 Å². The van der Waals surface area contributed by atoms with Crippen molar-refractivity contribution in [2.24, 2.45) is 0 Å². The first-order valence-electron chi connectivity index (χ1n) is 6.84. The molecular formula is C16H13Cl3N2O3. The van der Waals surface area contributed by atoms with Gasteiger partial charge in [-0.25, -0.2) is 0 Å². The summed E-state index contributed by atoms with van der Waals surface area (Å²) >= 11 is 17.5. The van der Waals surface area contributed by atoms with Crippen molar-refractivity contribution in [1.29, 1.82) is 0 Å². The molecule has 0 spiro atoms. The largest absolute Gasteiger partial charge is 0.481 e. The third-order valence-corrected chi connectivity index (χ3v) is 3.77. The predicted octanol–water partition coefficient (Wildman–Crippen LogP) is 3.88. The molecule has 0 bridgehead atoms. The van der Waals surface area contributed by atoms with Crippen LogP contribution in [-0.4, -0.2) is 17.9 Å². The molecule has 0 aliphatic heterocycles. The number of carbonyl (C=O) groups excluding carboxylic acids is 2. The first-order valence-corrected chi connectivity index (χ1v) is 7.97. The summed E-state index contributed by atoms with van der Waals surface area (Å²) in [5.41, 5.74) is 4.73. The van der Waals surface area contributed by atoms with Gasteiger partial charge in [-0.2, -0.15) is 0 Å². The van der Waals surface area contributed by atoms with E-state index in [4.69, 9.17) is 39.5 Å². The second-order valence-corrected chi connectivity index (χ2v) is 6.06. The van der Waals surface area contributed by atoms with Crippen molar-refractivity contribution in [1.82, 2.24) is 10.9 Å². The third-order valence-electron chi connectivity index (χ3n) is 2.97. The van der Waals surface area contributed by atoms with Crippen LogP contribution in [0.25, 0.3) is 0 Å². The minimum atomic E-state index is -0.827. The Labute approximate surface area is 153 Å². The Bertz CT molecular complexity index is 751. The minimum Gasteiger partial charge on any atom is -0.481 e. The van der Waals surface area contributed by atoms with Crippen molar-refractivity contribution in [3.05, 3.63) is 63.1 Å². The lowest BCUT2D eigenvalue weighted by molar-refractivity contribution is -0.128. The molecule has 2 aromatic carbocycles. The number of amides is 2. The van der Waals surface area contributed by atoms with Gasteiger partial charge in [-0.15, -0.1) is 0 Å². The fraction of sp³-hybridized carbons (Fsp3) is 0.125. The second kappa shape index (κ2) is 8.24. The highest BCUT2D eigenvalue weighted by Crippen LogP contribution is 2.20. The van der Waals surface area contributed by atoms with Crippen LogP contribution in [0, 0.1) is 0 Å². The quantitative estimate of drug-likeness (QED) is 0.783. The van der Waals surface area contributed by atoms with Crippen molar-refractivity contribution in [2.75, 3.05) is 0 Å². The summed E-state index contributed by atoms with van der Waals surface area (Å²) in [6.07, 6.45) is -0.827. The van der Waals surface area contributed by atoms with Gasteiger partial charge in [-0.3, -0.25) is 20.4 Å². The Morgan fingerprint density at radius 3 is 2.21 bits per heavy atom. The normalized spacial score (nSPS) is 11.5. The van der Waals surface area contributed by atoms with E-state index in [1.54, 1.807) is 31.2 Å². The van der Waals surface area contributed by atoms with Crippen molar-refractivity contribution in [3.63, 3.8) is 0 Å². The fourth-order valence-corrected chi connectivity index (χ4v) is 2.35. The number of benzene rings is 2. The number of hydrazine groups is 1. The van der Waals surface area contributed by atoms with Gasteiger partial charge in [0.2, 0.25) is 0 Å². The zero-order valence-electron chi connectivity index (χ0n) is 12.5. The Kier molecular flexibility index (Phi) is 6.31. The molecule has 1 atom stereocenters. The van der Waals surface area contributed by atoms with Gasteiger partial charge in [0.05, 0.1) is 10.6 Å². The van der Waals surface area contributed by atoms with E-state index in [1.807, 2.05) is 0 Å². The summed E-state index contributed by atoms with van der Waals surface area (Å²) in [5.74, 6) is -0.610. The monoisotopic (exact) mass is 386 g/mol. The van der Waals surface area contributed by atoms with Gasteiger partial charge in [-0.1, -0.05) is 34.8 Å². The summed E-state index contributed by atoms with van der Waals surface area (Å²) in [4.78, 5) is 23.9. The van der Waals surface area contributed by atoms with E-state index in [2.05, 4.69) is 10.9 Å². The average molecular weight is 388 g/mol. The molecule has 0 aromatic heterocycles. The zero-order chi connectivity index (χ0) is 17.7. The maximum atomic E-state index is 12.0. The Balaban J connectivity index is 1.89. The molecule has 1 unspecified atom stereocenters. The second-order valence-electron chi connectivity index (χ2n) is 4.78. The molecule has 24 heavy (non-hydrogen) atoms. The Hall–Kier alpha value is -1.95. The molecule has 2 rings (SSSR count). The molecule has 2 aromatic rings. The molecule has 0 saturated heterocycles. The number of hydrogen-bond acceptors (Lipinski definition) is 3. The van der Waals surface area contributed by atoms with E-state index in [0.717, 1.165) is 0 Å². The van der Waals surface area contributed by atoms with Crippen LogP contribution in [0.1, 0.15) is 17.3 Å². The standard InChI is InChI=1S/C16H13Cl3N2O3/c1-9(24-12-5-2-10(17)3-6-12)15(22)20-21-16(23)13-7-4-11(18)8-14(13)19/h2-9H,1H3,(H,20,22)(H,21,23). The number of nitrogens with one attached hydrogen (secondary N) is 2. The first kappa shape index (κ1) is 18.4. The fourth-order valence-electron chi connectivity index (χ4n) is 1.73. The summed E-state index contributed by atoms with van der Waals surface area (Å²) in [6, 6.07) is 11.0. The Morgan fingerprint density at radius 2 is 1.58 bits per heavy atom. The van der Waals surface area contributed by atoms with Gasteiger partial charge in [0.1, 0.15) is 5.75 Å². The van der Waals surface area contributed by atoms with E-state index in [1.165, 1.54) is 18.2 Å². The molecule has 0 radical (unpaired) electrons. The summed E-state index contributed by atoms with van der Waals surface area (Å²) in [6.45, 7) is 1.55. The number of rotatable bonds is 4. The van der Waals surface area contributed by atoms with E-state index < -0.39 is 17.9 Å². The van der Waals surface area contributed by atoms with Crippen LogP contribution in [0.3, 0.4) is 0 Å². The van der Waals surface area contributed by atoms with Gasteiger partial charge in [0.25, 0.3) is 11.8 Å². The van der Waals surface area contributed by atoms with Crippen molar-refractivity contribution < 1.29 is 14.3 Å².